The second kappa shape index (κ2) is 5.29. The molecule has 1 aromatic carbocycles. The number of aromatic amines is 1. The van der Waals surface area contributed by atoms with Gasteiger partial charge in [-0.15, -0.1) is 5.10 Å². The van der Waals surface area contributed by atoms with Gasteiger partial charge in [0.2, 0.25) is 0 Å². The summed E-state index contributed by atoms with van der Waals surface area (Å²) in [7, 11) is 0. The highest BCUT2D eigenvalue weighted by Crippen LogP contribution is 2.18. The Morgan fingerprint density at radius 1 is 1.38 bits per heavy atom. The molecule has 0 radical (unpaired) electrons. The van der Waals surface area contributed by atoms with Crippen LogP contribution in [0.4, 0.5) is 11.4 Å². The monoisotopic (exact) mass is 222 g/mol. The molecule has 0 bridgehead atoms. The van der Waals surface area contributed by atoms with E-state index >= 15 is 0 Å². The van der Waals surface area contributed by atoms with E-state index in [1.807, 2.05) is 0 Å². The number of hydrogen-bond donors (Lipinski definition) is 4. The summed E-state index contributed by atoms with van der Waals surface area (Å²) in [6, 6.07) is 4.52. The Balaban J connectivity index is 0.000000212. The topological polar surface area (TPSA) is 144 Å². The van der Waals surface area contributed by atoms with Crippen molar-refractivity contribution < 1.29 is 9.90 Å². The molecule has 8 nitrogen and oxygen atoms in total. The van der Waals surface area contributed by atoms with Gasteiger partial charge in [0, 0.05) is 0 Å². The number of benzene rings is 1. The predicted molar refractivity (Wildman–Crippen MR) is 56.4 cm³/mol. The number of nitrogens with two attached hydrogens (primary N) is 2. The summed E-state index contributed by atoms with van der Waals surface area (Å²) < 4.78 is 0. The van der Waals surface area contributed by atoms with Gasteiger partial charge in [-0.1, -0.05) is 6.07 Å². The highest BCUT2D eigenvalue weighted by molar-refractivity contribution is 5.96. The van der Waals surface area contributed by atoms with Crippen molar-refractivity contribution in [2.75, 3.05) is 11.5 Å². The summed E-state index contributed by atoms with van der Waals surface area (Å²) >= 11 is 0. The maximum absolute atomic E-state index is 10.4. The standard InChI is InChI=1S/C7H8N2O2.CH2N4/c8-5-3-1-2-4(6(5)9)7(10)11;1-2-4-5-3-1/h1-3H,8-9H2,(H,10,11);1H,(H,2,3,4,5). The largest absolute Gasteiger partial charge is 0.478 e. The quantitative estimate of drug-likeness (QED) is 0.487. The van der Waals surface area contributed by atoms with Crippen molar-refractivity contribution in [1.29, 1.82) is 0 Å². The number of nitrogens with zero attached hydrogens (tertiary/aromatic N) is 3. The molecule has 1 heterocycles. The van der Waals surface area contributed by atoms with E-state index in [0.717, 1.165) is 0 Å². The van der Waals surface area contributed by atoms with E-state index in [2.05, 4.69) is 20.6 Å². The van der Waals surface area contributed by atoms with E-state index < -0.39 is 5.97 Å². The number of nitrogen functional groups attached to an aromatic ring is 2. The number of rotatable bonds is 1. The summed E-state index contributed by atoms with van der Waals surface area (Å²) in [6.45, 7) is 0. The summed E-state index contributed by atoms with van der Waals surface area (Å²) in [5.41, 5.74) is 11.2. The SMILES string of the molecule is Nc1cccc(C(=O)O)c1N.c1nnn[nH]1. The number of aromatic nitrogens is 4. The average molecular weight is 222 g/mol. The van der Waals surface area contributed by atoms with Crippen LogP contribution in [-0.2, 0) is 0 Å². The molecule has 0 aliphatic carbocycles. The van der Waals surface area contributed by atoms with Crippen LogP contribution in [0.15, 0.2) is 24.5 Å². The van der Waals surface area contributed by atoms with E-state index in [0.29, 0.717) is 5.69 Å². The molecule has 0 unspecified atom stereocenters. The Labute approximate surface area is 90.3 Å². The summed E-state index contributed by atoms with van der Waals surface area (Å²) in [6.07, 6.45) is 1.40. The zero-order valence-corrected chi connectivity index (χ0v) is 8.16. The lowest BCUT2D eigenvalue weighted by molar-refractivity contribution is 0.0698. The van der Waals surface area contributed by atoms with Gasteiger partial charge in [0.15, 0.2) is 0 Å². The molecule has 0 spiro atoms. The van der Waals surface area contributed by atoms with Gasteiger partial charge < -0.3 is 16.6 Å². The van der Waals surface area contributed by atoms with E-state index in [4.69, 9.17) is 16.6 Å². The minimum absolute atomic E-state index is 0.0463. The molecule has 8 heteroatoms. The van der Waals surface area contributed by atoms with Crippen molar-refractivity contribution in [1.82, 2.24) is 20.6 Å². The first kappa shape index (κ1) is 11.4. The van der Waals surface area contributed by atoms with Crippen LogP contribution in [0.1, 0.15) is 10.4 Å². The van der Waals surface area contributed by atoms with Gasteiger partial charge in [0.05, 0.1) is 16.9 Å². The third-order valence-electron chi connectivity index (χ3n) is 1.64. The minimum Gasteiger partial charge on any atom is -0.478 e. The summed E-state index contributed by atoms with van der Waals surface area (Å²) in [5, 5.41) is 20.7. The van der Waals surface area contributed by atoms with Crippen LogP contribution < -0.4 is 11.5 Å². The number of carboxylic acids is 1. The number of anilines is 2. The number of tetrazole rings is 1. The Morgan fingerprint density at radius 2 is 2.12 bits per heavy atom. The normalized spacial score (nSPS) is 9.00. The third kappa shape index (κ3) is 2.94. The van der Waals surface area contributed by atoms with Crippen molar-refractivity contribution >= 4 is 17.3 Å². The lowest BCUT2D eigenvalue weighted by atomic mass is 10.1. The number of aromatic carboxylic acids is 1. The molecular weight excluding hydrogens is 212 g/mol. The molecule has 84 valence electrons. The van der Waals surface area contributed by atoms with E-state index in [-0.39, 0.29) is 11.3 Å². The Hall–Kier alpha value is -2.64. The Morgan fingerprint density at radius 3 is 2.50 bits per heavy atom. The molecule has 6 N–H and O–H groups in total. The fraction of sp³-hybridized carbons (Fsp3) is 0. The van der Waals surface area contributed by atoms with Gasteiger partial charge in [-0.05, 0) is 22.6 Å². The number of para-hydroxylation sites is 1. The lowest BCUT2D eigenvalue weighted by Gasteiger charge is -2.01. The van der Waals surface area contributed by atoms with Crippen molar-refractivity contribution in [2.45, 2.75) is 0 Å². The number of carboxylic acid groups (broad SMARTS) is 1. The molecule has 0 saturated heterocycles. The molecule has 0 saturated carbocycles. The van der Waals surface area contributed by atoms with Gasteiger partial charge in [-0.2, -0.15) is 0 Å². The maximum Gasteiger partial charge on any atom is 0.337 e. The Kier molecular flexibility index (Phi) is 3.78. The first-order valence-corrected chi connectivity index (χ1v) is 4.17. The fourth-order valence-corrected chi connectivity index (χ4v) is 0.899. The fourth-order valence-electron chi connectivity index (χ4n) is 0.899. The van der Waals surface area contributed by atoms with Gasteiger partial charge in [-0.3, -0.25) is 0 Å². The zero-order valence-electron chi connectivity index (χ0n) is 8.16. The molecule has 0 aliphatic rings. The minimum atomic E-state index is -1.06. The zero-order chi connectivity index (χ0) is 12.0. The van der Waals surface area contributed by atoms with Crippen LogP contribution in [0, 0.1) is 0 Å². The summed E-state index contributed by atoms with van der Waals surface area (Å²) in [5.74, 6) is -1.06. The number of carbonyl (C=O) groups is 1. The number of H-pyrrole nitrogens is 1. The highest BCUT2D eigenvalue weighted by atomic mass is 16.4. The average Bonchev–Trinajstić information content (AvgIpc) is 2.80. The van der Waals surface area contributed by atoms with Crippen LogP contribution >= 0.6 is 0 Å². The van der Waals surface area contributed by atoms with Crippen molar-refractivity contribution in [3.63, 3.8) is 0 Å². The van der Waals surface area contributed by atoms with Crippen molar-refractivity contribution in [2.24, 2.45) is 0 Å². The van der Waals surface area contributed by atoms with Crippen molar-refractivity contribution in [3.8, 4) is 0 Å². The first-order chi connectivity index (χ1) is 7.63. The van der Waals surface area contributed by atoms with Crippen LogP contribution in [-0.4, -0.2) is 31.7 Å². The predicted octanol–water partition coefficient (Wildman–Crippen LogP) is -0.251. The molecule has 16 heavy (non-hydrogen) atoms. The summed E-state index contributed by atoms with van der Waals surface area (Å²) in [4.78, 5) is 10.4. The van der Waals surface area contributed by atoms with Gasteiger partial charge >= 0.3 is 5.97 Å². The molecule has 2 rings (SSSR count). The molecule has 0 atom stereocenters. The van der Waals surface area contributed by atoms with Crippen molar-refractivity contribution in [3.05, 3.63) is 30.1 Å². The lowest BCUT2D eigenvalue weighted by Crippen LogP contribution is -2.04. The molecule has 0 amide bonds. The van der Waals surface area contributed by atoms with Gasteiger partial charge in [0.25, 0.3) is 0 Å². The van der Waals surface area contributed by atoms with Crippen LogP contribution in [0.2, 0.25) is 0 Å². The van der Waals surface area contributed by atoms with Gasteiger partial charge in [0.1, 0.15) is 6.33 Å². The molecule has 1 aromatic heterocycles. The third-order valence-corrected chi connectivity index (χ3v) is 1.64. The van der Waals surface area contributed by atoms with Crippen LogP contribution in [0.25, 0.3) is 0 Å². The Bertz CT molecular complexity index is 438. The van der Waals surface area contributed by atoms with Crippen LogP contribution in [0.5, 0.6) is 0 Å². The van der Waals surface area contributed by atoms with E-state index in [1.165, 1.54) is 12.4 Å². The maximum atomic E-state index is 10.4. The highest BCUT2D eigenvalue weighted by Gasteiger charge is 2.07. The number of hydrogen-bond acceptors (Lipinski definition) is 6. The smallest absolute Gasteiger partial charge is 0.337 e. The second-order valence-electron chi connectivity index (χ2n) is 2.68. The van der Waals surface area contributed by atoms with E-state index in [1.54, 1.807) is 12.1 Å². The molecule has 0 fully saturated rings. The molecule has 0 aliphatic heterocycles. The molecule has 2 aromatic rings. The molecular formula is C8H10N6O2. The van der Waals surface area contributed by atoms with Gasteiger partial charge in [-0.25, -0.2) is 9.89 Å². The van der Waals surface area contributed by atoms with Crippen LogP contribution in [0.3, 0.4) is 0 Å². The second-order valence-corrected chi connectivity index (χ2v) is 2.68. The number of nitrogens with one attached hydrogen (secondary N) is 1. The first-order valence-electron chi connectivity index (χ1n) is 4.17. The van der Waals surface area contributed by atoms with E-state index in [9.17, 15) is 4.79 Å².